The summed E-state index contributed by atoms with van der Waals surface area (Å²) in [6, 6.07) is 4.59. The molecule has 100 valence electrons. The van der Waals surface area contributed by atoms with E-state index in [4.69, 9.17) is 16.3 Å². The number of carbonyl (C=O) groups excluding carboxylic acids is 1. The van der Waals surface area contributed by atoms with Crippen molar-refractivity contribution in [2.75, 3.05) is 13.2 Å². The van der Waals surface area contributed by atoms with Crippen LogP contribution in [-0.2, 0) is 4.79 Å². The van der Waals surface area contributed by atoms with Crippen LogP contribution >= 0.6 is 27.5 Å². The standard InChI is InChI=1S/C10H8BrClF3NO2/c11-7-3-6(12)1-2-8(7)18-4-9(17)16-5-10(13,14)15/h1-3H,4-5H2,(H,16,17). The van der Waals surface area contributed by atoms with Gasteiger partial charge in [-0.25, -0.2) is 0 Å². The molecule has 0 aliphatic heterocycles. The molecular formula is C10H8BrClF3NO2. The van der Waals surface area contributed by atoms with Gasteiger partial charge in [0, 0.05) is 5.02 Å². The minimum atomic E-state index is -4.43. The predicted molar refractivity (Wildman–Crippen MR) is 63.7 cm³/mol. The van der Waals surface area contributed by atoms with Crippen molar-refractivity contribution in [3.8, 4) is 5.75 Å². The number of alkyl halides is 3. The SMILES string of the molecule is O=C(COc1ccc(Cl)cc1Br)NCC(F)(F)F. The number of ether oxygens (including phenoxy) is 1. The zero-order valence-corrected chi connectivity index (χ0v) is 11.2. The number of rotatable bonds is 4. The molecule has 1 rings (SSSR count). The number of benzene rings is 1. The number of halogens is 5. The Hall–Kier alpha value is -0.950. The van der Waals surface area contributed by atoms with Crippen molar-refractivity contribution in [3.63, 3.8) is 0 Å². The first kappa shape index (κ1) is 15.1. The highest BCUT2D eigenvalue weighted by atomic mass is 79.9. The van der Waals surface area contributed by atoms with Crippen LogP contribution in [0.1, 0.15) is 0 Å². The number of hydrogen-bond acceptors (Lipinski definition) is 2. The van der Waals surface area contributed by atoms with Gasteiger partial charge in [0.15, 0.2) is 6.61 Å². The summed E-state index contributed by atoms with van der Waals surface area (Å²) in [5.74, 6) is -0.532. The van der Waals surface area contributed by atoms with Crippen LogP contribution in [0.4, 0.5) is 13.2 Å². The van der Waals surface area contributed by atoms with Gasteiger partial charge in [-0.2, -0.15) is 13.2 Å². The molecule has 0 radical (unpaired) electrons. The number of hydrogen-bond donors (Lipinski definition) is 1. The molecule has 0 aliphatic rings. The Morgan fingerprint density at radius 2 is 2.11 bits per heavy atom. The summed E-state index contributed by atoms with van der Waals surface area (Å²) >= 11 is 8.84. The summed E-state index contributed by atoms with van der Waals surface area (Å²) in [5, 5.41) is 2.16. The molecule has 0 aromatic heterocycles. The van der Waals surface area contributed by atoms with Gasteiger partial charge in [-0.15, -0.1) is 0 Å². The third-order valence-corrected chi connectivity index (χ3v) is 2.59. The van der Waals surface area contributed by atoms with Gasteiger partial charge in [0.25, 0.3) is 5.91 Å². The minimum Gasteiger partial charge on any atom is -0.483 e. The second kappa shape index (κ2) is 6.29. The van der Waals surface area contributed by atoms with Crippen molar-refractivity contribution in [2.24, 2.45) is 0 Å². The van der Waals surface area contributed by atoms with E-state index in [2.05, 4.69) is 15.9 Å². The van der Waals surface area contributed by atoms with Crippen molar-refractivity contribution < 1.29 is 22.7 Å². The summed E-state index contributed by atoms with van der Waals surface area (Å²) in [6.07, 6.45) is -4.43. The molecule has 0 fully saturated rings. The zero-order valence-electron chi connectivity index (χ0n) is 8.85. The van der Waals surface area contributed by atoms with Gasteiger partial charge in [0.05, 0.1) is 4.47 Å². The highest BCUT2D eigenvalue weighted by molar-refractivity contribution is 9.10. The lowest BCUT2D eigenvalue weighted by Crippen LogP contribution is -2.36. The van der Waals surface area contributed by atoms with E-state index in [-0.39, 0.29) is 0 Å². The molecule has 18 heavy (non-hydrogen) atoms. The van der Waals surface area contributed by atoms with E-state index >= 15 is 0 Å². The molecule has 0 saturated carbocycles. The number of nitrogens with one attached hydrogen (secondary N) is 1. The fourth-order valence-corrected chi connectivity index (χ4v) is 1.78. The van der Waals surface area contributed by atoms with Gasteiger partial charge in [0.2, 0.25) is 0 Å². The van der Waals surface area contributed by atoms with Crippen LogP contribution in [0.3, 0.4) is 0 Å². The molecule has 0 heterocycles. The van der Waals surface area contributed by atoms with E-state index in [0.29, 0.717) is 15.2 Å². The molecule has 0 atom stereocenters. The summed E-state index contributed by atoms with van der Waals surface area (Å²) < 4.78 is 41.0. The average molecular weight is 347 g/mol. The molecule has 1 aromatic carbocycles. The first-order valence-electron chi connectivity index (χ1n) is 4.69. The van der Waals surface area contributed by atoms with Gasteiger partial charge in [-0.05, 0) is 34.1 Å². The molecule has 0 spiro atoms. The third-order valence-electron chi connectivity index (χ3n) is 1.74. The van der Waals surface area contributed by atoms with Gasteiger partial charge >= 0.3 is 6.18 Å². The second-order valence-corrected chi connectivity index (χ2v) is 4.55. The molecule has 0 unspecified atom stereocenters. The maximum atomic E-state index is 11.8. The van der Waals surface area contributed by atoms with Crippen LogP contribution in [-0.4, -0.2) is 25.2 Å². The lowest BCUT2D eigenvalue weighted by atomic mass is 10.3. The largest absolute Gasteiger partial charge is 0.483 e. The minimum absolute atomic E-state index is 0.321. The lowest BCUT2D eigenvalue weighted by molar-refractivity contribution is -0.139. The highest BCUT2D eigenvalue weighted by Gasteiger charge is 2.27. The Labute approximate surface area is 114 Å². The van der Waals surface area contributed by atoms with Crippen LogP contribution in [0.25, 0.3) is 0 Å². The molecule has 0 bridgehead atoms. The Kier molecular flexibility index (Phi) is 5.28. The van der Waals surface area contributed by atoms with Gasteiger partial charge in [-0.3, -0.25) is 4.79 Å². The Morgan fingerprint density at radius 3 is 2.67 bits per heavy atom. The molecule has 0 aliphatic carbocycles. The van der Waals surface area contributed by atoms with E-state index < -0.39 is 25.2 Å². The molecule has 1 aromatic rings. The summed E-state index contributed by atoms with van der Waals surface area (Å²) in [7, 11) is 0. The maximum absolute atomic E-state index is 11.8. The predicted octanol–water partition coefficient (Wildman–Crippen LogP) is 3.16. The van der Waals surface area contributed by atoms with Crippen molar-refractivity contribution in [1.82, 2.24) is 5.32 Å². The lowest BCUT2D eigenvalue weighted by Gasteiger charge is -2.10. The van der Waals surface area contributed by atoms with E-state index in [1.165, 1.54) is 12.1 Å². The van der Waals surface area contributed by atoms with Gasteiger partial charge < -0.3 is 10.1 Å². The zero-order chi connectivity index (χ0) is 13.8. The van der Waals surface area contributed by atoms with Crippen LogP contribution in [0.5, 0.6) is 5.75 Å². The van der Waals surface area contributed by atoms with Gasteiger partial charge in [0.1, 0.15) is 12.3 Å². The Balaban J connectivity index is 2.43. The second-order valence-electron chi connectivity index (χ2n) is 3.26. The van der Waals surface area contributed by atoms with Gasteiger partial charge in [-0.1, -0.05) is 11.6 Å². The highest BCUT2D eigenvalue weighted by Crippen LogP contribution is 2.27. The molecule has 1 amide bonds. The topological polar surface area (TPSA) is 38.3 Å². The van der Waals surface area contributed by atoms with Crippen LogP contribution in [0, 0.1) is 0 Å². The van der Waals surface area contributed by atoms with Crippen LogP contribution in [0.2, 0.25) is 5.02 Å². The Morgan fingerprint density at radius 1 is 1.44 bits per heavy atom. The fourth-order valence-electron chi connectivity index (χ4n) is 0.985. The first-order valence-corrected chi connectivity index (χ1v) is 5.86. The van der Waals surface area contributed by atoms with E-state index in [9.17, 15) is 18.0 Å². The van der Waals surface area contributed by atoms with Crippen molar-refractivity contribution in [3.05, 3.63) is 27.7 Å². The fraction of sp³-hybridized carbons (Fsp3) is 0.300. The number of carbonyl (C=O) groups is 1. The normalized spacial score (nSPS) is 11.2. The van der Waals surface area contributed by atoms with Crippen molar-refractivity contribution in [2.45, 2.75) is 6.18 Å². The van der Waals surface area contributed by atoms with E-state index in [0.717, 1.165) is 0 Å². The van der Waals surface area contributed by atoms with E-state index in [1.54, 1.807) is 11.4 Å². The quantitative estimate of drug-likeness (QED) is 0.909. The first-order chi connectivity index (χ1) is 8.28. The molecule has 3 nitrogen and oxygen atoms in total. The summed E-state index contributed by atoms with van der Waals surface area (Å²) in [4.78, 5) is 11.1. The smallest absolute Gasteiger partial charge is 0.405 e. The Bertz CT molecular complexity index is 440. The van der Waals surface area contributed by atoms with Crippen molar-refractivity contribution >= 4 is 33.4 Å². The molecular weight excluding hydrogens is 338 g/mol. The van der Waals surface area contributed by atoms with Crippen molar-refractivity contribution in [1.29, 1.82) is 0 Å². The average Bonchev–Trinajstić information content (AvgIpc) is 2.24. The molecule has 8 heteroatoms. The van der Waals surface area contributed by atoms with Crippen LogP contribution in [0.15, 0.2) is 22.7 Å². The summed E-state index contributed by atoms with van der Waals surface area (Å²) in [5.41, 5.74) is 0. The summed E-state index contributed by atoms with van der Waals surface area (Å²) in [6.45, 7) is -1.88. The third kappa shape index (κ3) is 5.59. The molecule has 0 saturated heterocycles. The number of amides is 1. The molecule has 1 N–H and O–H groups in total. The monoisotopic (exact) mass is 345 g/mol. The van der Waals surface area contributed by atoms with E-state index in [1.807, 2.05) is 0 Å². The van der Waals surface area contributed by atoms with Crippen LogP contribution < -0.4 is 10.1 Å². The maximum Gasteiger partial charge on any atom is 0.405 e.